The molecule has 1 aromatic rings. The highest BCUT2D eigenvalue weighted by atomic mass is 19.1. The lowest BCUT2D eigenvalue weighted by Crippen LogP contribution is -2.54. The summed E-state index contributed by atoms with van der Waals surface area (Å²) in [6.45, 7) is 5.83. The van der Waals surface area contributed by atoms with Crippen LogP contribution in [0.25, 0.3) is 0 Å². The van der Waals surface area contributed by atoms with E-state index in [1.165, 1.54) is 12.4 Å². The lowest BCUT2D eigenvalue weighted by atomic mass is 10.1. The van der Waals surface area contributed by atoms with E-state index in [0.29, 0.717) is 25.6 Å². The average Bonchev–Trinajstić information content (AvgIpc) is 2.28. The molecule has 0 amide bonds. The fourth-order valence-corrected chi connectivity index (χ4v) is 2.19. The quantitative estimate of drug-likeness (QED) is 0.813. The number of ether oxygens (including phenoxy) is 2. The van der Waals surface area contributed by atoms with Gasteiger partial charge in [-0.2, -0.15) is 0 Å². The highest BCUT2D eigenvalue weighted by Crippen LogP contribution is 2.23. The number of nitrogens with zero attached hydrogens (tertiary/aromatic N) is 3. The Morgan fingerprint density at radius 2 is 2.17 bits per heavy atom. The van der Waals surface area contributed by atoms with Crippen LogP contribution in [0.2, 0.25) is 0 Å². The zero-order valence-electron chi connectivity index (χ0n) is 10.9. The first kappa shape index (κ1) is 13.2. The Hall–Kier alpha value is -1.27. The predicted octanol–water partition coefficient (Wildman–Crippen LogP) is 1.25. The van der Waals surface area contributed by atoms with E-state index in [2.05, 4.69) is 9.97 Å². The minimum atomic E-state index is -0.431. The molecule has 0 radical (unpaired) electrons. The molecule has 1 saturated heterocycles. The Kier molecular flexibility index (Phi) is 3.77. The van der Waals surface area contributed by atoms with Crippen molar-refractivity contribution < 1.29 is 13.9 Å². The summed E-state index contributed by atoms with van der Waals surface area (Å²) >= 11 is 0. The van der Waals surface area contributed by atoms with E-state index < -0.39 is 5.82 Å². The molecule has 1 aliphatic heterocycles. The van der Waals surface area contributed by atoms with Gasteiger partial charge in [0.05, 0.1) is 30.7 Å². The van der Waals surface area contributed by atoms with Gasteiger partial charge in [-0.25, -0.2) is 14.4 Å². The summed E-state index contributed by atoms with van der Waals surface area (Å²) in [5, 5.41) is 0. The molecule has 1 aromatic heterocycles. The predicted molar refractivity (Wildman–Crippen MR) is 65.0 cm³/mol. The number of halogens is 1. The third kappa shape index (κ3) is 3.14. The molecule has 0 aromatic carbocycles. The third-order valence-corrected chi connectivity index (χ3v) is 2.72. The third-order valence-electron chi connectivity index (χ3n) is 2.72. The number of hydrogen-bond donors (Lipinski definition) is 0. The number of rotatable bonds is 3. The van der Waals surface area contributed by atoms with Gasteiger partial charge in [0, 0.05) is 20.2 Å². The van der Waals surface area contributed by atoms with Crippen LogP contribution in [0.4, 0.5) is 10.3 Å². The number of aromatic nitrogens is 2. The molecule has 0 N–H and O–H groups in total. The van der Waals surface area contributed by atoms with Crippen molar-refractivity contribution in [2.75, 3.05) is 31.7 Å². The SMILES string of the molecule is COCC1CN(c2ncc(F)cn2)CC(C)(C)O1. The standard InChI is InChI=1S/C12H18FN3O2/c1-12(2)8-16(6-10(18-12)7-17-3)11-14-4-9(13)5-15-11/h4-5,10H,6-8H2,1-3H3. The second-order valence-corrected chi connectivity index (χ2v) is 5.04. The van der Waals surface area contributed by atoms with Crippen LogP contribution in [-0.2, 0) is 9.47 Å². The van der Waals surface area contributed by atoms with Gasteiger partial charge >= 0.3 is 0 Å². The van der Waals surface area contributed by atoms with Crippen molar-refractivity contribution in [2.45, 2.75) is 25.6 Å². The lowest BCUT2D eigenvalue weighted by Gasteiger charge is -2.42. The van der Waals surface area contributed by atoms with Gasteiger partial charge in [-0.1, -0.05) is 0 Å². The average molecular weight is 255 g/mol. The Labute approximate surface area is 106 Å². The smallest absolute Gasteiger partial charge is 0.225 e. The van der Waals surface area contributed by atoms with Crippen molar-refractivity contribution in [2.24, 2.45) is 0 Å². The molecule has 0 aliphatic carbocycles. The zero-order valence-corrected chi connectivity index (χ0v) is 10.9. The summed E-state index contributed by atoms with van der Waals surface area (Å²) in [5.41, 5.74) is -0.306. The van der Waals surface area contributed by atoms with Crippen LogP contribution >= 0.6 is 0 Å². The first-order valence-electron chi connectivity index (χ1n) is 5.89. The van der Waals surface area contributed by atoms with Gasteiger partial charge in [-0.15, -0.1) is 0 Å². The van der Waals surface area contributed by atoms with Crippen molar-refractivity contribution in [3.63, 3.8) is 0 Å². The van der Waals surface area contributed by atoms with Gasteiger partial charge < -0.3 is 14.4 Å². The summed E-state index contributed by atoms with van der Waals surface area (Å²) in [6.07, 6.45) is 2.32. The molecule has 100 valence electrons. The molecule has 0 saturated carbocycles. The molecule has 1 atom stereocenters. The van der Waals surface area contributed by atoms with E-state index in [9.17, 15) is 4.39 Å². The second kappa shape index (κ2) is 5.16. The second-order valence-electron chi connectivity index (χ2n) is 5.04. The van der Waals surface area contributed by atoms with Crippen molar-refractivity contribution in [3.05, 3.63) is 18.2 Å². The van der Waals surface area contributed by atoms with Crippen molar-refractivity contribution >= 4 is 5.95 Å². The van der Waals surface area contributed by atoms with Crippen LogP contribution in [0.3, 0.4) is 0 Å². The van der Waals surface area contributed by atoms with Gasteiger partial charge in [0.1, 0.15) is 0 Å². The molecule has 1 fully saturated rings. The summed E-state index contributed by atoms with van der Waals surface area (Å²) in [6, 6.07) is 0. The fraction of sp³-hybridized carbons (Fsp3) is 0.667. The zero-order chi connectivity index (χ0) is 13.2. The van der Waals surface area contributed by atoms with Crippen LogP contribution in [0.15, 0.2) is 12.4 Å². The summed E-state index contributed by atoms with van der Waals surface area (Å²) in [4.78, 5) is 10.0. The molecule has 18 heavy (non-hydrogen) atoms. The maximum absolute atomic E-state index is 12.8. The first-order valence-corrected chi connectivity index (χ1v) is 5.89. The summed E-state index contributed by atoms with van der Waals surface area (Å²) in [5.74, 6) is 0.0913. The van der Waals surface area contributed by atoms with Crippen molar-refractivity contribution in [1.82, 2.24) is 9.97 Å². The van der Waals surface area contributed by atoms with E-state index >= 15 is 0 Å². The van der Waals surface area contributed by atoms with Gasteiger partial charge in [0.15, 0.2) is 5.82 Å². The largest absolute Gasteiger partial charge is 0.382 e. The minimum absolute atomic E-state index is 0.0348. The van der Waals surface area contributed by atoms with Crippen molar-refractivity contribution in [3.8, 4) is 0 Å². The normalized spacial score (nSPS) is 23.1. The molecule has 0 spiro atoms. The number of methoxy groups -OCH3 is 1. The molecule has 2 rings (SSSR count). The highest BCUT2D eigenvalue weighted by molar-refractivity contribution is 5.30. The van der Waals surface area contributed by atoms with Crippen LogP contribution in [0, 0.1) is 5.82 Å². The van der Waals surface area contributed by atoms with Gasteiger partial charge in [-0.05, 0) is 13.8 Å². The van der Waals surface area contributed by atoms with Crippen LogP contribution < -0.4 is 4.90 Å². The Morgan fingerprint density at radius 1 is 1.50 bits per heavy atom. The lowest BCUT2D eigenvalue weighted by molar-refractivity contribution is -0.106. The minimum Gasteiger partial charge on any atom is -0.382 e. The Morgan fingerprint density at radius 3 is 2.78 bits per heavy atom. The molecule has 2 heterocycles. The molecule has 1 unspecified atom stereocenters. The van der Waals surface area contributed by atoms with E-state index in [-0.39, 0.29) is 11.7 Å². The van der Waals surface area contributed by atoms with Crippen LogP contribution in [0.1, 0.15) is 13.8 Å². The van der Waals surface area contributed by atoms with E-state index in [0.717, 1.165) is 0 Å². The van der Waals surface area contributed by atoms with Gasteiger partial charge in [0.25, 0.3) is 0 Å². The number of anilines is 1. The molecule has 0 bridgehead atoms. The van der Waals surface area contributed by atoms with Gasteiger partial charge in [-0.3, -0.25) is 0 Å². The van der Waals surface area contributed by atoms with E-state index in [1.807, 2.05) is 18.7 Å². The molecular formula is C12H18FN3O2. The van der Waals surface area contributed by atoms with Crippen molar-refractivity contribution in [1.29, 1.82) is 0 Å². The molecular weight excluding hydrogens is 237 g/mol. The number of morpholine rings is 1. The van der Waals surface area contributed by atoms with Gasteiger partial charge in [0.2, 0.25) is 5.95 Å². The summed E-state index contributed by atoms with van der Waals surface area (Å²) in [7, 11) is 1.64. The molecule has 5 nitrogen and oxygen atoms in total. The number of hydrogen-bond acceptors (Lipinski definition) is 5. The first-order chi connectivity index (χ1) is 8.50. The summed E-state index contributed by atoms with van der Waals surface area (Å²) < 4.78 is 23.8. The Balaban J connectivity index is 2.14. The molecule has 6 heteroatoms. The van der Waals surface area contributed by atoms with E-state index in [4.69, 9.17) is 9.47 Å². The Bertz CT molecular complexity index is 397. The monoisotopic (exact) mass is 255 g/mol. The topological polar surface area (TPSA) is 47.5 Å². The molecule has 1 aliphatic rings. The van der Waals surface area contributed by atoms with Crippen LogP contribution in [-0.4, -0.2) is 48.5 Å². The van der Waals surface area contributed by atoms with Crippen LogP contribution in [0.5, 0.6) is 0 Å². The van der Waals surface area contributed by atoms with E-state index in [1.54, 1.807) is 7.11 Å². The fourth-order valence-electron chi connectivity index (χ4n) is 2.19. The highest BCUT2D eigenvalue weighted by Gasteiger charge is 2.34. The maximum atomic E-state index is 12.8. The maximum Gasteiger partial charge on any atom is 0.225 e.